The van der Waals surface area contributed by atoms with E-state index in [2.05, 4.69) is 4.57 Å². The van der Waals surface area contributed by atoms with Gasteiger partial charge in [-0.05, 0) is 52.7 Å². The van der Waals surface area contributed by atoms with Crippen molar-refractivity contribution < 1.29 is 19.1 Å². The first kappa shape index (κ1) is 19.7. The van der Waals surface area contributed by atoms with Crippen molar-refractivity contribution in [1.82, 2.24) is 14.4 Å². The maximum Gasteiger partial charge on any atom is 0.410 e. The van der Waals surface area contributed by atoms with E-state index in [-0.39, 0.29) is 24.6 Å². The summed E-state index contributed by atoms with van der Waals surface area (Å²) in [4.78, 5) is 29.1. The fourth-order valence-corrected chi connectivity index (χ4v) is 3.74. The van der Waals surface area contributed by atoms with E-state index in [9.17, 15) is 9.59 Å². The number of hydrogen-bond donors (Lipinski definition) is 0. The lowest BCUT2D eigenvalue weighted by atomic mass is 10.1. The smallest absolute Gasteiger partial charge is 0.410 e. The average molecular weight is 377 g/mol. The number of fused-ring (bicyclic) bond motifs is 1. The minimum Gasteiger partial charge on any atom is -0.444 e. The monoisotopic (exact) mass is 377 g/mol. The molecule has 0 bridgehead atoms. The van der Waals surface area contributed by atoms with Gasteiger partial charge in [0.15, 0.2) is 0 Å². The molecule has 0 aromatic carbocycles. The highest BCUT2D eigenvalue weighted by Gasteiger charge is 2.32. The van der Waals surface area contributed by atoms with E-state index in [0.717, 1.165) is 25.1 Å². The lowest BCUT2D eigenvalue weighted by Gasteiger charge is -2.36. The molecule has 1 aromatic heterocycles. The molecule has 0 N–H and O–H groups in total. The van der Waals surface area contributed by atoms with Gasteiger partial charge in [0.1, 0.15) is 12.1 Å². The molecule has 0 aliphatic carbocycles. The molecule has 3 heterocycles. The lowest BCUT2D eigenvalue weighted by molar-refractivity contribution is -0.136. The largest absolute Gasteiger partial charge is 0.444 e. The highest BCUT2D eigenvalue weighted by molar-refractivity contribution is 5.83. The third-order valence-electron chi connectivity index (χ3n) is 5.09. The second-order valence-corrected chi connectivity index (χ2v) is 8.39. The van der Waals surface area contributed by atoms with Crippen LogP contribution in [0.5, 0.6) is 0 Å². The maximum atomic E-state index is 13.0. The molecule has 3 rings (SSSR count). The molecule has 1 fully saturated rings. The van der Waals surface area contributed by atoms with Gasteiger partial charge < -0.3 is 18.9 Å². The zero-order valence-electron chi connectivity index (χ0n) is 16.8. The molecule has 7 nitrogen and oxygen atoms in total. The predicted octanol–water partition coefficient (Wildman–Crippen LogP) is 2.81. The van der Waals surface area contributed by atoms with Crippen molar-refractivity contribution in [2.75, 3.05) is 26.2 Å². The zero-order chi connectivity index (χ0) is 19.6. The second-order valence-electron chi connectivity index (χ2n) is 8.39. The first-order chi connectivity index (χ1) is 12.7. The van der Waals surface area contributed by atoms with Gasteiger partial charge in [-0.25, -0.2) is 4.79 Å². The van der Waals surface area contributed by atoms with E-state index >= 15 is 0 Å². The number of rotatable bonds is 4. The minimum atomic E-state index is -0.603. The molecular weight excluding hydrogens is 346 g/mol. The molecule has 0 radical (unpaired) electrons. The summed E-state index contributed by atoms with van der Waals surface area (Å²) in [5, 5.41) is 0. The second kappa shape index (κ2) is 7.92. The van der Waals surface area contributed by atoms with E-state index < -0.39 is 11.7 Å². The number of ether oxygens (including phenoxy) is 2. The van der Waals surface area contributed by atoms with Gasteiger partial charge in [-0.1, -0.05) is 0 Å². The Bertz CT molecular complexity index is 673. The van der Waals surface area contributed by atoms with Crippen LogP contribution in [0.1, 0.15) is 52.3 Å². The fraction of sp³-hybridized carbons (Fsp3) is 0.700. The van der Waals surface area contributed by atoms with Crippen LogP contribution in [0.4, 0.5) is 4.79 Å². The maximum absolute atomic E-state index is 13.0. The molecule has 7 heteroatoms. The summed E-state index contributed by atoms with van der Waals surface area (Å²) in [6.07, 6.45) is 3.45. The van der Waals surface area contributed by atoms with Crippen molar-refractivity contribution in [3.8, 4) is 0 Å². The first-order valence-electron chi connectivity index (χ1n) is 9.78. The van der Waals surface area contributed by atoms with Crippen LogP contribution in [-0.4, -0.2) is 64.3 Å². The van der Waals surface area contributed by atoms with Crippen molar-refractivity contribution in [3.05, 3.63) is 24.0 Å². The number of carbonyl (C=O) groups is 2. The minimum absolute atomic E-state index is 0.00975. The van der Waals surface area contributed by atoms with Crippen LogP contribution in [0.3, 0.4) is 0 Å². The number of amides is 2. The van der Waals surface area contributed by atoms with Crippen LogP contribution in [0.2, 0.25) is 0 Å². The summed E-state index contributed by atoms with van der Waals surface area (Å²) in [6, 6.07) is 4.04. The number of carbonyl (C=O) groups excluding carboxylic acids is 2. The summed E-state index contributed by atoms with van der Waals surface area (Å²) in [5.74, 6) is -0.0567. The molecular formula is C20H31N3O4. The number of hydrogen-bond acceptors (Lipinski definition) is 4. The molecule has 1 aromatic rings. The van der Waals surface area contributed by atoms with Crippen molar-refractivity contribution in [2.45, 2.75) is 64.8 Å². The van der Waals surface area contributed by atoms with Crippen molar-refractivity contribution in [1.29, 1.82) is 0 Å². The van der Waals surface area contributed by atoms with Crippen LogP contribution < -0.4 is 0 Å². The Morgan fingerprint density at radius 3 is 2.78 bits per heavy atom. The van der Waals surface area contributed by atoms with Gasteiger partial charge >= 0.3 is 6.09 Å². The molecule has 2 amide bonds. The van der Waals surface area contributed by atoms with Crippen LogP contribution in [0.25, 0.3) is 0 Å². The molecule has 2 aliphatic heterocycles. The van der Waals surface area contributed by atoms with Gasteiger partial charge in [0.2, 0.25) is 5.91 Å². The first-order valence-corrected chi connectivity index (χ1v) is 9.78. The highest BCUT2D eigenvalue weighted by Crippen LogP contribution is 2.26. The highest BCUT2D eigenvalue weighted by atomic mass is 16.6. The van der Waals surface area contributed by atoms with Gasteiger partial charge in [-0.2, -0.15) is 0 Å². The standard InChI is InChI=1S/C20H31N3O4/c1-15-17-8-5-9-21(17)10-11-23(15)18(24)14-22(13-16-7-6-12-26-16)19(25)27-20(2,3)4/h5,8-9,15-16H,6-7,10-14H2,1-4H3/t15-,16+/m1/s1. The molecule has 150 valence electrons. The number of nitrogens with zero attached hydrogens (tertiary/aromatic N) is 3. The molecule has 0 saturated carbocycles. The van der Waals surface area contributed by atoms with Gasteiger partial charge in [0, 0.05) is 31.6 Å². The summed E-state index contributed by atoms with van der Waals surface area (Å²) in [7, 11) is 0. The third-order valence-corrected chi connectivity index (χ3v) is 5.09. The van der Waals surface area contributed by atoms with E-state index in [1.807, 2.05) is 50.9 Å². The van der Waals surface area contributed by atoms with Gasteiger partial charge in [0.05, 0.1) is 18.7 Å². The molecule has 0 unspecified atom stereocenters. The van der Waals surface area contributed by atoms with Gasteiger partial charge in [-0.3, -0.25) is 9.69 Å². The van der Waals surface area contributed by atoms with E-state index in [1.165, 1.54) is 4.90 Å². The Balaban J connectivity index is 1.68. The molecule has 1 saturated heterocycles. The van der Waals surface area contributed by atoms with Crippen molar-refractivity contribution in [3.63, 3.8) is 0 Å². The normalized spacial score (nSPS) is 22.4. The SMILES string of the molecule is C[C@@H]1c2cccn2CCN1C(=O)CN(C[C@@H]1CCCO1)C(=O)OC(C)(C)C. The van der Waals surface area contributed by atoms with E-state index in [1.54, 1.807) is 0 Å². The van der Waals surface area contributed by atoms with Gasteiger partial charge in [-0.15, -0.1) is 0 Å². The van der Waals surface area contributed by atoms with Crippen molar-refractivity contribution in [2.24, 2.45) is 0 Å². The number of aromatic nitrogens is 1. The fourth-order valence-electron chi connectivity index (χ4n) is 3.74. The van der Waals surface area contributed by atoms with E-state index in [0.29, 0.717) is 19.7 Å². The Morgan fingerprint density at radius 1 is 1.33 bits per heavy atom. The summed E-state index contributed by atoms with van der Waals surface area (Å²) >= 11 is 0. The Kier molecular flexibility index (Phi) is 5.79. The Labute approximate surface area is 161 Å². The Hall–Kier alpha value is -2.02. The van der Waals surface area contributed by atoms with Crippen LogP contribution in [-0.2, 0) is 20.8 Å². The van der Waals surface area contributed by atoms with Crippen molar-refractivity contribution >= 4 is 12.0 Å². The predicted molar refractivity (Wildman–Crippen MR) is 101 cm³/mol. The quantitative estimate of drug-likeness (QED) is 0.809. The summed E-state index contributed by atoms with van der Waals surface area (Å²) in [5.41, 5.74) is 0.520. The lowest BCUT2D eigenvalue weighted by Crippen LogP contribution is -2.49. The molecule has 2 aliphatic rings. The Morgan fingerprint density at radius 2 is 2.11 bits per heavy atom. The third kappa shape index (κ3) is 4.83. The van der Waals surface area contributed by atoms with Crippen LogP contribution in [0, 0.1) is 0 Å². The van der Waals surface area contributed by atoms with E-state index in [4.69, 9.17) is 9.47 Å². The van der Waals surface area contributed by atoms with Gasteiger partial charge in [0.25, 0.3) is 0 Å². The average Bonchev–Trinajstić information content (AvgIpc) is 3.24. The summed E-state index contributed by atoms with van der Waals surface area (Å²) < 4.78 is 13.4. The molecule has 2 atom stereocenters. The topological polar surface area (TPSA) is 64.0 Å². The summed E-state index contributed by atoms with van der Waals surface area (Å²) in [6.45, 7) is 10.1. The van der Waals surface area contributed by atoms with Crippen LogP contribution in [0.15, 0.2) is 18.3 Å². The molecule has 0 spiro atoms. The van der Waals surface area contributed by atoms with Crippen LogP contribution >= 0.6 is 0 Å². The zero-order valence-corrected chi connectivity index (χ0v) is 16.8. The molecule has 27 heavy (non-hydrogen) atoms.